The number of hydrogen-bond acceptors (Lipinski definition) is 2. The maximum atomic E-state index is 6.26. The van der Waals surface area contributed by atoms with E-state index in [0.717, 1.165) is 26.2 Å². The van der Waals surface area contributed by atoms with Crippen LogP contribution in [-0.4, -0.2) is 4.98 Å². The number of fused-ring (bicyclic) bond motifs is 1. The van der Waals surface area contributed by atoms with Gasteiger partial charge in [0.2, 0.25) is 0 Å². The predicted molar refractivity (Wildman–Crippen MR) is 88.5 cm³/mol. The van der Waals surface area contributed by atoms with Gasteiger partial charge in [-0.15, -0.1) is 0 Å². The van der Waals surface area contributed by atoms with Gasteiger partial charge in [-0.1, -0.05) is 61.7 Å². The second kappa shape index (κ2) is 5.88. The van der Waals surface area contributed by atoms with E-state index in [1.165, 1.54) is 0 Å². The normalized spacial score (nSPS) is 12.8. The van der Waals surface area contributed by atoms with Crippen molar-refractivity contribution >= 4 is 54.6 Å². The van der Waals surface area contributed by atoms with Crippen LogP contribution in [-0.2, 0) is 6.42 Å². The van der Waals surface area contributed by atoms with Gasteiger partial charge in [0.25, 0.3) is 0 Å². The lowest BCUT2D eigenvalue weighted by molar-refractivity contribution is 0.527. The fraction of sp³-hybridized carbons (Fsp3) is 0.133. The van der Waals surface area contributed by atoms with Crippen molar-refractivity contribution in [3.05, 3.63) is 63.4 Å². The Balaban J connectivity index is 1.86. The standard InChI is InChI=1S/C15H10Br2ClNO/c16-9-5-6-10(12(18)7-9)11(17)8-15-19-13-3-1-2-4-14(13)20-15/h1-7,11H,8H2. The number of oxazole rings is 1. The molecule has 1 atom stereocenters. The summed E-state index contributed by atoms with van der Waals surface area (Å²) in [5.74, 6) is 0.701. The van der Waals surface area contributed by atoms with Crippen LogP contribution in [0.5, 0.6) is 0 Å². The molecule has 0 fully saturated rings. The molecule has 0 bridgehead atoms. The van der Waals surface area contributed by atoms with Crippen molar-refractivity contribution in [2.75, 3.05) is 0 Å². The number of aromatic nitrogens is 1. The highest BCUT2D eigenvalue weighted by Gasteiger charge is 2.16. The third-order valence-corrected chi connectivity index (χ3v) is 4.63. The fourth-order valence-corrected chi connectivity index (χ4v) is 3.64. The number of nitrogens with zero attached hydrogens (tertiary/aromatic N) is 1. The van der Waals surface area contributed by atoms with E-state index in [2.05, 4.69) is 36.8 Å². The van der Waals surface area contributed by atoms with E-state index < -0.39 is 0 Å². The smallest absolute Gasteiger partial charge is 0.196 e. The summed E-state index contributed by atoms with van der Waals surface area (Å²) in [6, 6.07) is 13.6. The van der Waals surface area contributed by atoms with Crippen LogP contribution >= 0.6 is 43.5 Å². The molecule has 0 aliphatic carbocycles. The average Bonchev–Trinajstić information content (AvgIpc) is 2.80. The summed E-state index contributed by atoms with van der Waals surface area (Å²) in [5.41, 5.74) is 2.71. The van der Waals surface area contributed by atoms with Crippen LogP contribution in [0.15, 0.2) is 51.4 Å². The molecule has 1 heterocycles. The topological polar surface area (TPSA) is 26.0 Å². The predicted octanol–water partition coefficient (Wildman–Crippen LogP) is 5.92. The summed E-state index contributed by atoms with van der Waals surface area (Å²) in [7, 11) is 0. The number of hydrogen-bond donors (Lipinski definition) is 0. The van der Waals surface area contributed by atoms with Crippen LogP contribution in [0.25, 0.3) is 11.1 Å². The Labute approximate surface area is 138 Å². The molecule has 2 nitrogen and oxygen atoms in total. The van der Waals surface area contributed by atoms with E-state index in [9.17, 15) is 0 Å². The summed E-state index contributed by atoms with van der Waals surface area (Å²) < 4.78 is 6.70. The summed E-state index contributed by atoms with van der Waals surface area (Å²) in [6.07, 6.45) is 0.649. The molecule has 0 saturated carbocycles. The summed E-state index contributed by atoms with van der Waals surface area (Å²) in [6.45, 7) is 0. The Morgan fingerprint density at radius 3 is 2.75 bits per heavy atom. The number of halogens is 3. The van der Waals surface area contributed by atoms with Crippen LogP contribution < -0.4 is 0 Å². The van der Waals surface area contributed by atoms with E-state index in [1.807, 2.05) is 42.5 Å². The first-order chi connectivity index (χ1) is 9.63. The molecule has 20 heavy (non-hydrogen) atoms. The first-order valence-electron chi connectivity index (χ1n) is 6.07. The molecule has 2 aromatic carbocycles. The summed E-state index contributed by atoms with van der Waals surface area (Å²) in [4.78, 5) is 4.54. The Morgan fingerprint density at radius 2 is 2.00 bits per heavy atom. The van der Waals surface area contributed by atoms with Crippen molar-refractivity contribution in [2.24, 2.45) is 0 Å². The number of rotatable bonds is 3. The van der Waals surface area contributed by atoms with E-state index in [0.29, 0.717) is 12.3 Å². The van der Waals surface area contributed by atoms with Gasteiger partial charge >= 0.3 is 0 Å². The van der Waals surface area contributed by atoms with E-state index >= 15 is 0 Å². The minimum Gasteiger partial charge on any atom is -0.441 e. The van der Waals surface area contributed by atoms with Crippen molar-refractivity contribution < 1.29 is 4.42 Å². The van der Waals surface area contributed by atoms with Crippen molar-refractivity contribution in [1.82, 2.24) is 4.98 Å². The largest absolute Gasteiger partial charge is 0.441 e. The van der Waals surface area contributed by atoms with Gasteiger partial charge in [-0.05, 0) is 29.8 Å². The van der Waals surface area contributed by atoms with Crippen LogP contribution in [0.2, 0.25) is 5.02 Å². The molecule has 0 N–H and O–H groups in total. The third-order valence-electron chi connectivity index (χ3n) is 2.99. The van der Waals surface area contributed by atoms with Crippen molar-refractivity contribution in [2.45, 2.75) is 11.2 Å². The lowest BCUT2D eigenvalue weighted by atomic mass is 10.1. The van der Waals surface area contributed by atoms with Crippen molar-refractivity contribution in [1.29, 1.82) is 0 Å². The first-order valence-corrected chi connectivity index (χ1v) is 8.15. The molecule has 0 radical (unpaired) electrons. The minimum absolute atomic E-state index is 0.0659. The SMILES string of the molecule is Clc1cc(Br)ccc1C(Br)Cc1nc2ccccc2o1. The highest BCUT2D eigenvalue weighted by molar-refractivity contribution is 9.10. The van der Waals surface area contributed by atoms with Crippen LogP contribution in [0.1, 0.15) is 16.3 Å². The van der Waals surface area contributed by atoms with Crippen molar-refractivity contribution in [3.63, 3.8) is 0 Å². The highest BCUT2D eigenvalue weighted by atomic mass is 79.9. The average molecular weight is 416 g/mol. The Morgan fingerprint density at radius 1 is 1.20 bits per heavy atom. The van der Waals surface area contributed by atoms with Gasteiger partial charge in [-0.2, -0.15) is 0 Å². The van der Waals surface area contributed by atoms with Gasteiger partial charge in [0.1, 0.15) is 5.52 Å². The van der Waals surface area contributed by atoms with Crippen LogP contribution in [0, 0.1) is 0 Å². The lowest BCUT2D eigenvalue weighted by Crippen LogP contribution is -1.96. The zero-order chi connectivity index (χ0) is 14.1. The molecule has 0 amide bonds. The molecule has 1 unspecified atom stereocenters. The van der Waals surface area contributed by atoms with E-state index in [1.54, 1.807) is 0 Å². The molecule has 0 saturated heterocycles. The number of benzene rings is 2. The minimum atomic E-state index is 0.0659. The van der Waals surface area contributed by atoms with Gasteiger partial charge in [0.15, 0.2) is 11.5 Å². The summed E-state index contributed by atoms with van der Waals surface area (Å²) >= 11 is 13.3. The molecule has 0 aliphatic rings. The molecule has 0 spiro atoms. The van der Waals surface area contributed by atoms with Gasteiger partial charge in [0, 0.05) is 20.7 Å². The second-order valence-electron chi connectivity index (χ2n) is 4.41. The molecule has 1 aromatic heterocycles. The van der Waals surface area contributed by atoms with Gasteiger partial charge in [0.05, 0.1) is 0 Å². The van der Waals surface area contributed by atoms with E-state index in [-0.39, 0.29) is 4.83 Å². The van der Waals surface area contributed by atoms with Gasteiger partial charge in [-0.3, -0.25) is 0 Å². The monoisotopic (exact) mass is 413 g/mol. The maximum Gasteiger partial charge on any atom is 0.196 e. The fourth-order valence-electron chi connectivity index (χ4n) is 2.03. The molecule has 102 valence electrons. The van der Waals surface area contributed by atoms with Gasteiger partial charge < -0.3 is 4.42 Å². The zero-order valence-corrected chi connectivity index (χ0v) is 14.2. The van der Waals surface area contributed by atoms with Gasteiger partial charge in [-0.25, -0.2) is 4.98 Å². The van der Waals surface area contributed by atoms with Crippen molar-refractivity contribution in [3.8, 4) is 0 Å². The summed E-state index contributed by atoms with van der Waals surface area (Å²) in [5, 5.41) is 0.720. The second-order valence-corrected chi connectivity index (χ2v) is 6.84. The van der Waals surface area contributed by atoms with Crippen LogP contribution in [0.3, 0.4) is 0 Å². The molecule has 3 rings (SSSR count). The molecular formula is C15H10Br2ClNO. The Bertz CT molecular complexity index is 723. The Kier molecular flexibility index (Phi) is 4.15. The number of para-hydroxylation sites is 2. The molecule has 5 heteroatoms. The lowest BCUT2D eigenvalue weighted by Gasteiger charge is -2.10. The maximum absolute atomic E-state index is 6.26. The quantitative estimate of drug-likeness (QED) is 0.496. The first kappa shape index (κ1) is 14.1. The third kappa shape index (κ3) is 2.92. The van der Waals surface area contributed by atoms with Crippen LogP contribution in [0.4, 0.5) is 0 Å². The number of alkyl halides is 1. The molecular weight excluding hydrogens is 405 g/mol. The Hall–Kier alpha value is -0.840. The zero-order valence-electron chi connectivity index (χ0n) is 10.3. The highest BCUT2D eigenvalue weighted by Crippen LogP contribution is 2.34. The molecule has 0 aliphatic heterocycles. The van der Waals surface area contributed by atoms with E-state index in [4.69, 9.17) is 16.0 Å². The molecule has 3 aromatic rings.